The molecule has 0 aliphatic heterocycles. The Balaban J connectivity index is 1.64. The Morgan fingerprint density at radius 3 is 2.59 bits per heavy atom. The van der Waals surface area contributed by atoms with Crippen molar-refractivity contribution in [2.24, 2.45) is 11.3 Å². The zero-order valence-electron chi connectivity index (χ0n) is 14.8. The average molecular weight is 481 g/mol. The monoisotopic (exact) mass is 481 g/mol. The van der Waals surface area contributed by atoms with E-state index in [0.29, 0.717) is 19.4 Å². The standard InChI is InChI=1S/C20H20INO5/c1-26-19(24)20(11-17(20)18(23)22-25)10-13-5-7-16(8-6-13)27-12-14-3-2-4-15(21)9-14/h2-9,17,25H,10-12H2,1H3,(H,22,23)/t17-,20+/m1/s1. The molecule has 0 spiro atoms. The molecule has 0 aromatic heterocycles. The number of hydroxylamine groups is 1. The Morgan fingerprint density at radius 2 is 1.96 bits per heavy atom. The maximum Gasteiger partial charge on any atom is 0.312 e. The van der Waals surface area contributed by atoms with E-state index in [1.807, 2.05) is 42.5 Å². The van der Waals surface area contributed by atoms with Gasteiger partial charge in [0.15, 0.2) is 0 Å². The summed E-state index contributed by atoms with van der Waals surface area (Å²) < 4.78 is 11.8. The summed E-state index contributed by atoms with van der Waals surface area (Å²) in [5.41, 5.74) is 2.70. The molecule has 1 aliphatic carbocycles. The first kappa shape index (κ1) is 19.6. The molecular formula is C20H20INO5. The summed E-state index contributed by atoms with van der Waals surface area (Å²) in [7, 11) is 1.30. The molecule has 1 amide bonds. The Hall–Kier alpha value is -2.13. The van der Waals surface area contributed by atoms with Crippen LogP contribution in [0.2, 0.25) is 0 Å². The zero-order valence-corrected chi connectivity index (χ0v) is 16.9. The van der Waals surface area contributed by atoms with Crippen LogP contribution in [0.4, 0.5) is 0 Å². The molecule has 0 bridgehead atoms. The van der Waals surface area contributed by atoms with Gasteiger partial charge in [-0.25, -0.2) is 5.48 Å². The van der Waals surface area contributed by atoms with Crippen LogP contribution in [0.25, 0.3) is 0 Å². The van der Waals surface area contributed by atoms with Gasteiger partial charge in [-0.05, 0) is 70.8 Å². The van der Waals surface area contributed by atoms with Crippen LogP contribution < -0.4 is 10.2 Å². The minimum absolute atomic E-state index is 0.358. The lowest BCUT2D eigenvalue weighted by Gasteiger charge is -2.15. The van der Waals surface area contributed by atoms with Gasteiger partial charge in [-0.3, -0.25) is 14.8 Å². The highest BCUT2D eigenvalue weighted by Gasteiger charge is 2.64. The Labute approximate surface area is 171 Å². The molecule has 1 fully saturated rings. The van der Waals surface area contributed by atoms with Gasteiger partial charge in [-0.2, -0.15) is 0 Å². The van der Waals surface area contributed by atoms with Crippen molar-refractivity contribution in [1.82, 2.24) is 5.48 Å². The highest BCUT2D eigenvalue weighted by Crippen LogP contribution is 2.55. The summed E-state index contributed by atoms with van der Waals surface area (Å²) in [5, 5.41) is 8.84. The van der Waals surface area contributed by atoms with Gasteiger partial charge in [0, 0.05) is 3.57 Å². The summed E-state index contributed by atoms with van der Waals surface area (Å²) >= 11 is 2.26. The lowest BCUT2D eigenvalue weighted by molar-refractivity contribution is -0.149. The van der Waals surface area contributed by atoms with E-state index < -0.39 is 23.2 Å². The van der Waals surface area contributed by atoms with Gasteiger partial charge in [0.2, 0.25) is 5.91 Å². The summed E-state index contributed by atoms with van der Waals surface area (Å²) in [6.45, 7) is 0.473. The normalized spacial score (nSPS) is 20.6. The molecule has 6 nitrogen and oxygen atoms in total. The summed E-state index contributed by atoms with van der Waals surface area (Å²) in [6.07, 6.45) is 0.728. The largest absolute Gasteiger partial charge is 0.489 e. The first-order valence-electron chi connectivity index (χ1n) is 8.47. The van der Waals surface area contributed by atoms with Crippen LogP contribution in [0.5, 0.6) is 5.75 Å². The van der Waals surface area contributed by atoms with E-state index in [2.05, 4.69) is 28.7 Å². The molecule has 1 saturated carbocycles. The van der Waals surface area contributed by atoms with Crippen molar-refractivity contribution in [2.45, 2.75) is 19.4 Å². The van der Waals surface area contributed by atoms with Crippen LogP contribution in [0.3, 0.4) is 0 Å². The van der Waals surface area contributed by atoms with Crippen LogP contribution >= 0.6 is 22.6 Å². The van der Waals surface area contributed by atoms with E-state index >= 15 is 0 Å². The van der Waals surface area contributed by atoms with Gasteiger partial charge in [0.1, 0.15) is 12.4 Å². The van der Waals surface area contributed by atoms with Gasteiger partial charge in [0.05, 0.1) is 18.4 Å². The van der Waals surface area contributed by atoms with Crippen LogP contribution in [0, 0.1) is 14.9 Å². The molecule has 2 aromatic rings. The molecule has 2 aromatic carbocycles. The highest BCUT2D eigenvalue weighted by atomic mass is 127. The summed E-state index contributed by atoms with van der Waals surface area (Å²) in [5.74, 6) is -0.843. The van der Waals surface area contributed by atoms with E-state index in [-0.39, 0.29) is 0 Å². The number of amides is 1. The molecule has 0 saturated heterocycles. The van der Waals surface area contributed by atoms with Crippen molar-refractivity contribution in [3.63, 3.8) is 0 Å². The number of carbonyl (C=O) groups excluding carboxylic acids is 2. The lowest BCUT2D eigenvalue weighted by atomic mass is 9.93. The maximum atomic E-state index is 12.2. The third-order valence-corrected chi connectivity index (χ3v) is 5.50. The Kier molecular flexibility index (Phi) is 6.01. The molecule has 142 valence electrons. The number of hydrogen-bond acceptors (Lipinski definition) is 5. The summed E-state index contributed by atoms with van der Waals surface area (Å²) in [6, 6.07) is 15.5. The molecule has 0 unspecified atom stereocenters. The minimum atomic E-state index is -0.912. The lowest BCUT2D eigenvalue weighted by Crippen LogP contribution is -2.30. The fraction of sp³-hybridized carbons (Fsp3) is 0.300. The zero-order chi connectivity index (χ0) is 19.4. The van der Waals surface area contributed by atoms with Crippen molar-refractivity contribution in [3.05, 3.63) is 63.2 Å². The second-order valence-electron chi connectivity index (χ2n) is 6.62. The van der Waals surface area contributed by atoms with Crippen molar-refractivity contribution in [3.8, 4) is 5.75 Å². The maximum absolute atomic E-state index is 12.2. The number of esters is 1. The van der Waals surface area contributed by atoms with Crippen molar-refractivity contribution >= 4 is 34.5 Å². The van der Waals surface area contributed by atoms with E-state index in [0.717, 1.165) is 20.4 Å². The average Bonchev–Trinajstić information content (AvgIpc) is 3.41. The van der Waals surface area contributed by atoms with Crippen molar-refractivity contribution in [2.75, 3.05) is 7.11 Å². The van der Waals surface area contributed by atoms with E-state index in [9.17, 15) is 9.59 Å². The highest BCUT2D eigenvalue weighted by molar-refractivity contribution is 14.1. The number of rotatable bonds is 7. The molecule has 1 aliphatic rings. The van der Waals surface area contributed by atoms with Gasteiger partial charge in [-0.1, -0.05) is 24.3 Å². The van der Waals surface area contributed by atoms with Gasteiger partial charge < -0.3 is 9.47 Å². The Morgan fingerprint density at radius 1 is 1.22 bits per heavy atom. The molecule has 27 heavy (non-hydrogen) atoms. The van der Waals surface area contributed by atoms with Gasteiger partial charge in [-0.15, -0.1) is 0 Å². The third kappa shape index (κ3) is 4.41. The second-order valence-corrected chi connectivity index (χ2v) is 7.87. The number of hydrogen-bond donors (Lipinski definition) is 2. The molecule has 2 N–H and O–H groups in total. The molecule has 7 heteroatoms. The van der Waals surface area contributed by atoms with Gasteiger partial charge >= 0.3 is 5.97 Å². The molecular weight excluding hydrogens is 461 g/mol. The predicted molar refractivity (Wildman–Crippen MR) is 106 cm³/mol. The topological polar surface area (TPSA) is 84.9 Å². The predicted octanol–water partition coefficient (Wildman–Crippen LogP) is 3.10. The SMILES string of the molecule is COC(=O)[C@@]1(Cc2ccc(OCc3cccc(I)c3)cc2)C[C@@H]1C(=O)NO. The first-order chi connectivity index (χ1) is 13.0. The number of ether oxygens (including phenoxy) is 2. The van der Waals surface area contributed by atoms with Crippen LogP contribution in [-0.4, -0.2) is 24.2 Å². The summed E-state index contributed by atoms with van der Waals surface area (Å²) in [4.78, 5) is 23.9. The Bertz CT molecular complexity index is 839. The van der Waals surface area contributed by atoms with Crippen LogP contribution in [-0.2, 0) is 27.4 Å². The molecule has 3 rings (SSSR count). The second kappa shape index (κ2) is 8.26. The number of benzene rings is 2. The molecule has 0 heterocycles. The van der Waals surface area contributed by atoms with Crippen LogP contribution in [0.1, 0.15) is 17.5 Å². The van der Waals surface area contributed by atoms with E-state index in [1.165, 1.54) is 7.11 Å². The number of methoxy groups -OCH3 is 1. The number of halogens is 1. The smallest absolute Gasteiger partial charge is 0.312 e. The van der Waals surface area contributed by atoms with Crippen molar-refractivity contribution < 1.29 is 24.3 Å². The quantitative estimate of drug-likeness (QED) is 0.275. The minimum Gasteiger partial charge on any atom is -0.489 e. The molecule has 0 radical (unpaired) electrons. The van der Waals surface area contributed by atoms with E-state index in [1.54, 1.807) is 5.48 Å². The van der Waals surface area contributed by atoms with E-state index in [4.69, 9.17) is 14.7 Å². The van der Waals surface area contributed by atoms with Crippen LogP contribution in [0.15, 0.2) is 48.5 Å². The number of nitrogens with one attached hydrogen (secondary N) is 1. The fourth-order valence-electron chi connectivity index (χ4n) is 3.28. The number of carbonyl (C=O) groups is 2. The fourth-order valence-corrected chi connectivity index (χ4v) is 3.89. The van der Waals surface area contributed by atoms with Gasteiger partial charge in [0.25, 0.3) is 0 Å². The molecule has 2 atom stereocenters. The first-order valence-corrected chi connectivity index (χ1v) is 9.55. The third-order valence-electron chi connectivity index (χ3n) is 4.83. The van der Waals surface area contributed by atoms with Crippen molar-refractivity contribution in [1.29, 1.82) is 0 Å².